The molecule has 714 valence electrons. The highest BCUT2D eigenvalue weighted by atomic mass is 79.9. The number of carbonyl (C=O) groups excluding carboxylic acids is 4. The lowest BCUT2D eigenvalue weighted by Gasteiger charge is -2.21. The lowest BCUT2D eigenvalue weighted by Crippen LogP contribution is -2.19. The van der Waals surface area contributed by atoms with Crippen LogP contribution in [0.3, 0.4) is 0 Å². The number of carbonyl (C=O) groups is 4. The summed E-state index contributed by atoms with van der Waals surface area (Å²) in [7, 11) is -11.0. The SMILES string of the molecule is C=CCOP(=O)(OCC=C)OCC(Oc1ccc(F)c(C(N)=O)c1F)c1nc(-c2ccc(C)cc2)c(Br)o1.C=CCOP(OCC=C)OCC(Oc1ccc(F)c(C(N)=O)c1F)c1nc(-c2ccc(C)cc2)c(Br)o1.Cc1ccc(-c2nc(C(CO)Oc3ccc(F)c(C(N)=O)c3F)oc2Br)cc1.Cc1ccc(-c2nc(C(COP(=O)(O)O)Oc3ccc(F)c(C(N)=O)c3F)oc2Br)cc1. The fraction of sp³-hybridized carbons (Fsp3) is 0.182. The van der Waals surface area contributed by atoms with Crippen molar-refractivity contribution in [3.63, 3.8) is 0 Å². The van der Waals surface area contributed by atoms with E-state index >= 15 is 0 Å². The largest absolute Gasteiger partial charge is 0.475 e. The molecular weight excluding hydrogens is 2120 g/mol. The average molecular weight is 2200 g/mol. The van der Waals surface area contributed by atoms with E-state index in [0.717, 1.165) is 81.9 Å². The zero-order valence-corrected chi connectivity index (χ0v) is 79.9. The number of rotatable bonds is 42. The number of benzene rings is 8. The molecule has 11 N–H and O–H groups in total. The Labute approximate surface area is 798 Å². The molecule has 12 aromatic rings. The van der Waals surface area contributed by atoms with Crippen molar-refractivity contribution in [1.29, 1.82) is 0 Å². The van der Waals surface area contributed by atoms with Crippen LogP contribution in [0.15, 0.2) is 233 Å². The predicted molar refractivity (Wildman–Crippen MR) is 487 cm³/mol. The average Bonchev–Trinajstić information content (AvgIpc) is 1.77. The van der Waals surface area contributed by atoms with Crippen LogP contribution in [0, 0.1) is 74.2 Å². The van der Waals surface area contributed by atoms with Crippen LogP contribution >= 0.6 is 88.0 Å². The first-order chi connectivity index (χ1) is 64.1. The van der Waals surface area contributed by atoms with Crippen molar-refractivity contribution in [2.24, 2.45) is 22.9 Å². The van der Waals surface area contributed by atoms with Gasteiger partial charge in [-0.3, -0.25) is 37.3 Å². The summed E-state index contributed by atoms with van der Waals surface area (Å²) in [6.45, 7) is 19.5. The summed E-state index contributed by atoms with van der Waals surface area (Å²) in [5.41, 5.74) is 25.0. The molecule has 4 atom stereocenters. The van der Waals surface area contributed by atoms with Crippen LogP contribution in [0.1, 0.15) is 112 Å². The maximum absolute atomic E-state index is 15.0. The number of amides is 4. The number of aliphatic hydroxyl groups excluding tert-OH is 1. The zero-order chi connectivity index (χ0) is 98.9. The number of aryl methyl sites for hydroxylation is 4. The second kappa shape index (κ2) is 49.8. The van der Waals surface area contributed by atoms with Crippen molar-refractivity contribution < 1.29 is 147 Å². The van der Waals surface area contributed by atoms with Gasteiger partial charge in [-0.1, -0.05) is 144 Å². The molecule has 4 aromatic heterocycles. The van der Waals surface area contributed by atoms with E-state index in [9.17, 15) is 68.5 Å². The number of halogens is 12. The maximum Gasteiger partial charge on any atom is 0.475 e. The topological polar surface area (TPSA) is 473 Å². The monoisotopic (exact) mass is 2190 g/mol. The van der Waals surface area contributed by atoms with E-state index in [0.29, 0.717) is 43.2 Å². The van der Waals surface area contributed by atoms with E-state index < -0.39 is 184 Å². The molecular formula is C88H79Br4F8N8O24P3. The van der Waals surface area contributed by atoms with Crippen LogP contribution in [0.5, 0.6) is 23.0 Å². The third kappa shape index (κ3) is 29.5. The fourth-order valence-electron chi connectivity index (χ4n) is 11.2. The number of hydrogen-bond donors (Lipinski definition) is 7. The molecule has 4 amide bonds. The van der Waals surface area contributed by atoms with Crippen LogP contribution in [0.4, 0.5) is 35.1 Å². The molecule has 0 saturated carbocycles. The first-order valence-electron chi connectivity index (χ1n) is 38.8. The van der Waals surface area contributed by atoms with Gasteiger partial charge in [-0.15, -0.1) is 26.3 Å². The van der Waals surface area contributed by atoms with Crippen LogP contribution in [-0.2, 0) is 40.8 Å². The molecule has 8 aromatic carbocycles. The normalized spacial score (nSPS) is 12.2. The van der Waals surface area contributed by atoms with Gasteiger partial charge in [0.05, 0.1) is 33.0 Å². The number of ether oxygens (including phenoxy) is 4. The quantitative estimate of drug-likeness (QED) is 0.0106. The van der Waals surface area contributed by atoms with E-state index in [1.807, 2.05) is 113 Å². The molecule has 0 radical (unpaired) electrons. The Bertz CT molecular complexity index is 6310. The van der Waals surface area contributed by atoms with Crippen LogP contribution in [0.25, 0.3) is 45.0 Å². The summed E-state index contributed by atoms with van der Waals surface area (Å²) < 4.78 is 221. The van der Waals surface area contributed by atoms with Gasteiger partial charge in [0.15, 0.2) is 89.4 Å². The summed E-state index contributed by atoms with van der Waals surface area (Å²) in [6.07, 6.45) is 0.471. The number of aliphatic hydroxyl groups is 1. The Balaban J connectivity index is 0.000000203. The summed E-state index contributed by atoms with van der Waals surface area (Å²) in [5.74, 6) is -17.7. The number of nitrogens with two attached hydrogens (primary N) is 4. The van der Waals surface area contributed by atoms with Gasteiger partial charge >= 0.3 is 24.2 Å². The molecule has 47 heteroatoms. The van der Waals surface area contributed by atoms with Crippen LogP contribution in [0.2, 0.25) is 0 Å². The number of nitrogens with zero attached hydrogens (tertiary/aromatic N) is 4. The molecule has 32 nitrogen and oxygen atoms in total. The standard InChI is InChI=1S/C25H24BrF2N2O7P.C25H24BrF2N2O6P.C19H16BrF2N2O7P.C19H15BrF2N2O4/c1-4-12-33-38(32,34-13-5-2)35-14-19(36-18-11-10-17(27)20(21(18)28)24(29)31)25-30-22(23(26)37-25)16-8-6-15(3)7-9-16;1-4-12-32-37(33-13-5-2)34-14-19(35-18-11-10-17(27)20(21(18)28)24(29)31)25-30-22(23(26)36-25)16-8-6-15(3)7-9-16;1-9-2-4-10(5-3-9)16-17(20)31-19(24-16)13(8-29-32(26,27)28)30-12-7-6-11(21)14(15(12)22)18(23)25;1-9-2-4-10(5-3-9)16-17(20)28-19(24-16)13(8-25)27-12-7-6-11(21)14(15(12)22)18(23)26/h4-11,19H,1-2,12-14H2,3H3,(H2,29,31);4-11,19H,1-2,12-14H2,3H3,(H2,29,31);2-7,13H,8H2,1H3,(H2,23,25)(H2,26,27,28);2-7,13,25H,8H2,1H3,(H2,23,26). The van der Waals surface area contributed by atoms with Crippen molar-refractivity contribution in [1.82, 2.24) is 19.9 Å². The molecule has 0 bridgehead atoms. The Kier molecular flexibility index (Phi) is 39.6. The third-order valence-electron chi connectivity index (χ3n) is 17.7. The number of aromatic nitrogens is 4. The van der Waals surface area contributed by atoms with Gasteiger partial charge in [-0.05, 0) is 140 Å². The third-order valence-corrected chi connectivity index (χ3v) is 22.8. The van der Waals surface area contributed by atoms with Crippen LogP contribution in [-0.4, -0.2) is 111 Å². The second-order valence-corrected chi connectivity index (χ2v) is 34.6. The molecule has 12 rings (SSSR count). The second-order valence-electron chi connectivity index (χ2n) is 27.6. The minimum atomic E-state index is -4.95. The highest BCUT2D eigenvalue weighted by Gasteiger charge is 2.37. The number of oxazole rings is 4. The van der Waals surface area contributed by atoms with Gasteiger partial charge in [-0.25, -0.2) is 64.2 Å². The van der Waals surface area contributed by atoms with Gasteiger partial charge in [0.2, 0.25) is 23.6 Å². The zero-order valence-electron chi connectivity index (χ0n) is 70.9. The van der Waals surface area contributed by atoms with Gasteiger partial charge in [0.1, 0.15) is 88.1 Å². The lowest BCUT2D eigenvalue weighted by atomic mass is 10.1. The molecule has 0 spiro atoms. The Morgan fingerprint density at radius 3 is 0.867 bits per heavy atom. The summed E-state index contributed by atoms with van der Waals surface area (Å²) in [5, 5.41) is 9.64. The predicted octanol–water partition coefficient (Wildman–Crippen LogP) is 20.9. The fourth-order valence-corrected chi connectivity index (χ4v) is 15.5. The Hall–Kier alpha value is -11.5. The van der Waals surface area contributed by atoms with Gasteiger partial charge in [0, 0.05) is 22.3 Å². The maximum atomic E-state index is 15.0. The molecule has 0 aliphatic heterocycles. The van der Waals surface area contributed by atoms with Gasteiger partial charge < -0.3 is 88.0 Å². The van der Waals surface area contributed by atoms with E-state index in [-0.39, 0.29) is 65.9 Å². The number of phosphoric ester groups is 2. The summed E-state index contributed by atoms with van der Waals surface area (Å²) in [6, 6.07) is 36.7. The first-order valence-corrected chi connectivity index (χ1v) is 46.0. The van der Waals surface area contributed by atoms with Crippen molar-refractivity contribution in [2.75, 3.05) is 52.9 Å². The number of phosphoric acid groups is 2. The highest BCUT2D eigenvalue weighted by Crippen LogP contribution is 2.51. The van der Waals surface area contributed by atoms with E-state index in [2.05, 4.69) is 114 Å². The first kappa shape index (κ1) is 107. The summed E-state index contributed by atoms with van der Waals surface area (Å²) in [4.78, 5) is 81.3. The molecule has 0 fully saturated rings. The van der Waals surface area contributed by atoms with Gasteiger partial charge in [0.25, 0.3) is 23.6 Å². The minimum absolute atomic E-state index is 0.00851. The van der Waals surface area contributed by atoms with Crippen molar-refractivity contribution >= 4 is 112 Å². The molecule has 0 aliphatic carbocycles. The van der Waals surface area contributed by atoms with Gasteiger partial charge in [-0.2, -0.15) is 0 Å². The Morgan fingerprint density at radius 1 is 0.378 bits per heavy atom. The Morgan fingerprint density at radius 2 is 0.622 bits per heavy atom. The minimum Gasteiger partial charge on any atom is -0.475 e. The van der Waals surface area contributed by atoms with E-state index in [1.165, 1.54) is 24.3 Å². The molecule has 4 heterocycles. The number of primary amides is 4. The molecule has 0 aliphatic rings. The van der Waals surface area contributed by atoms with Crippen LogP contribution < -0.4 is 41.9 Å². The molecule has 4 unspecified atom stereocenters. The summed E-state index contributed by atoms with van der Waals surface area (Å²) >= 11 is 13.1. The molecule has 135 heavy (non-hydrogen) atoms. The molecule has 0 saturated heterocycles. The smallest absolute Gasteiger partial charge is 0.475 e. The van der Waals surface area contributed by atoms with Crippen molar-refractivity contribution in [3.8, 4) is 68.0 Å². The van der Waals surface area contributed by atoms with E-state index in [4.69, 9.17) is 96.5 Å². The number of hydrogen-bond acceptors (Lipinski definition) is 26. The van der Waals surface area contributed by atoms with Crippen molar-refractivity contribution in [3.05, 3.63) is 329 Å². The highest BCUT2D eigenvalue weighted by molar-refractivity contribution is 9.11. The van der Waals surface area contributed by atoms with Crippen molar-refractivity contribution in [2.45, 2.75) is 52.1 Å². The lowest BCUT2D eigenvalue weighted by molar-refractivity contribution is 0.0629. The van der Waals surface area contributed by atoms with E-state index in [1.54, 1.807) is 12.1 Å².